The zero-order valence-electron chi connectivity index (χ0n) is 27.0. The van der Waals surface area contributed by atoms with Gasteiger partial charge in [-0.3, -0.25) is 24.3 Å². The van der Waals surface area contributed by atoms with Crippen LogP contribution in [0.2, 0.25) is 5.02 Å². The minimum absolute atomic E-state index is 0.0748. The number of rotatable bonds is 8. The molecule has 0 saturated heterocycles. The summed E-state index contributed by atoms with van der Waals surface area (Å²) in [5, 5.41) is 17.5. The number of benzene rings is 3. The largest absolute Gasteiger partial charge is 0.506 e. The fourth-order valence-corrected chi connectivity index (χ4v) is 6.60. The maximum absolute atomic E-state index is 14.4. The quantitative estimate of drug-likeness (QED) is 0.164. The third kappa shape index (κ3) is 6.92. The molecule has 0 bridgehead atoms. The highest BCUT2D eigenvalue weighted by molar-refractivity contribution is 6.31. The van der Waals surface area contributed by atoms with E-state index in [1.54, 1.807) is 48.8 Å². The lowest BCUT2D eigenvalue weighted by molar-refractivity contribution is -0.123. The molecule has 2 amide bonds. The molecule has 9 nitrogen and oxygen atoms in total. The average Bonchev–Trinajstić information content (AvgIpc) is 3.19. The van der Waals surface area contributed by atoms with Gasteiger partial charge in [0.15, 0.2) is 5.78 Å². The Morgan fingerprint density at radius 2 is 1.85 bits per heavy atom. The Hall–Kier alpha value is -5.15. The monoisotopic (exact) mass is 664 g/mol. The number of halogens is 1. The molecule has 3 aromatic carbocycles. The van der Waals surface area contributed by atoms with Crippen molar-refractivity contribution in [3.05, 3.63) is 118 Å². The number of allylic oxidation sites excluding steroid dienone is 1. The number of phenolic OH excluding ortho intramolecular Hbond substituents is 1. The highest BCUT2D eigenvalue weighted by Crippen LogP contribution is 2.51. The maximum atomic E-state index is 14.4. The predicted molar refractivity (Wildman–Crippen MR) is 186 cm³/mol. The maximum Gasteiger partial charge on any atom is 0.228 e. The van der Waals surface area contributed by atoms with Gasteiger partial charge in [-0.25, -0.2) is 0 Å². The van der Waals surface area contributed by atoms with E-state index >= 15 is 0 Å². The van der Waals surface area contributed by atoms with Crippen molar-refractivity contribution in [2.45, 2.75) is 59.1 Å². The summed E-state index contributed by atoms with van der Waals surface area (Å²) in [6, 6.07) is 20.7. The first kappa shape index (κ1) is 32.8. The van der Waals surface area contributed by atoms with Crippen molar-refractivity contribution in [2.75, 3.05) is 15.5 Å². The lowest BCUT2D eigenvalue weighted by Gasteiger charge is -2.37. The van der Waals surface area contributed by atoms with Crippen LogP contribution in [-0.4, -0.2) is 27.7 Å². The molecule has 246 valence electrons. The van der Waals surface area contributed by atoms with E-state index in [1.165, 1.54) is 11.0 Å². The number of pyridine rings is 1. The summed E-state index contributed by atoms with van der Waals surface area (Å²) >= 11 is 7.00. The minimum atomic E-state index is -0.939. The van der Waals surface area contributed by atoms with Gasteiger partial charge in [0, 0.05) is 41.8 Å². The van der Waals surface area contributed by atoms with E-state index in [-0.39, 0.29) is 42.1 Å². The van der Waals surface area contributed by atoms with E-state index in [2.05, 4.69) is 15.6 Å². The molecule has 1 atom stereocenters. The number of aromatic hydroxyl groups is 1. The summed E-state index contributed by atoms with van der Waals surface area (Å²) < 4.78 is 6.03. The van der Waals surface area contributed by atoms with Crippen LogP contribution >= 0.6 is 11.6 Å². The number of carbonyl (C=O) groups is 3. The molecule has 3 N–H and O–H groups in total. The first-order chi connectivity index (χ1) is 23.0. The van der Waals surface area contributed by atoms with Crippen molar-refractivity contribution in [1.82, 2.24) is 4.98 Å². The van der Waals surface area contributed by atoms with Crippen molar-refractivity contribution < 1.29 is 24.2 Å². The van der Waals surface area contributed by atoms with E-state index in [0.717, 1.165) is 11.1 Å². The number of hydrogen-bond donors (Lipinski definition) is 3. The van der Waals surface area contributed by atoms with Crippen LogP contribution in [0, 0.1) is 12.3 Å². The third-order valence-corrected chi connectivity index (χ3v) is 9.00. The van der Waals surface area contributed by atoms with Gasteiger partial charge >= 0.3 is 0 Å². The van der Waals surface area contributed by atoms with Crippen LogP contribution in [0.25, 0.3) is 0 Å². The van der Waals surface area contributed by atoms with E-state index < -0.39 is 11.9 Å². The van der Waals surface area contributed by atoms with Gasteiger partial charge in [-0.2, -0.15) is 0 Å². The molecule has 4 aromatic rings. The first-order valence-electron chi connectivity index (χ1n) is 15.8. The van der Waals surface area contributed by atoms with E-state index in [1.807, 2.05) is 51.1 Å². The number of nitrogens with one attached hydrogen (secondary N) is 2. The molecular formula is C38H37ClN4O5. The molecule has 48 heavy (non-hydrogen) atoms. The second-order valence-corrected chi connectivity index (χ2v) is 13.4. The minimum Gasteiger partial charge on any atom is -0.506 e. The number of nitrogens with zero attached hydrogens (tertiary/aromatic N) is 2. The smallest absolute Gasteiger partial charge is 0.228 e. The van der Waals surface area contributed by atoms with Crippen LogP contribution < -0.4 is 20.3 Å². The Kier molecular flexibility index (Phi) is 9.24. The predicted octanol–water partition coefficient (Wildman–Crippen LogP) is 7.89. The SMILES string of the molecule is Cc1ccncc1NC(=O)CCC(=O)N1c2cccc(O)c2NC2=C(C(=O)CC(C)(C)C2)C1c1ccc(OCc2ccccc2)cc1Cl. The lowest BCUT2D eigenvalue weighted by atomic mass is 9.73. The zero-order valence-corrected chi connectivity index (χ0v) is 27.8. The summed E-state index contributed by atoms with van der Waals surface area (Å²) in [6.07, 6.45) is 3.67. The number of para-hydroxylation sites is 1. The molecule has 1 unspecified atom stereocenters. The highest BCUT2D eigenvalue weighted by Gasteiger charge is 2.44. The summed E-state index contributed by atoms with van der Waals surface area (Å²) in [5.41, 5.74) is 4.25. The zero-order chi connectivity index (χ0) is 34.0. The second kappa shape index (κ2) is 13.5. The Labute approximate surface area is 284 Å². The van der Waals surface area contributed by atoms with Crippen LogP contribution in [-0.2, 0) is 21.0 Å². The molecule has 2 aliphatic rings. The molecule has 0 radical (unpaired) electrons. The van der Waals surface area contributed by atoms with Crippen molar-refractivity contribution in [2.24, 2.45) is 5.41 Å². The summed E-state index contributed by atoms with van der Waals surface area (Å²) in [4.78, 5) is 47.1. The Morgan fingerprint density at radius 3 is 2.60 bits per heavy atom. The molecule has 0 fully saturated rings. The molecule has 1 aliphatic heterocycles. The van der Waals surface area contributed by atoms with Crippen molar-refractivity contribution >= 4 is 46.3 Å². The van der Waals surface area contributed by atoms with Gasteiger partial charge in [-0.05, 0) is 65.8 Å². The highest BCUT2D eigenvalue weighted by atomic mass is 35.5. The summed E-state index contributed by atoms with van der Waals surface area (Å²) in [5.74, 6) is -0.446. The Bertz CT molecular complexity index is 1920. The average molecular weight is 665 g/mol. The van der Waals surface area contributed by atoms with Gasteiger partial charge in [0.1, 0.15) is 23.8 Å². The van der Waals surface area contributed by atoms with E-state index in [0.29, 0.717) is 57.7 Å². The molecule has 2 heterocycles. The van der Waals surface area contributed by atoms with Crippen molar-refractivity contribution in [3.8, 4) is 11.5 Å². The number of ether oxygens (including phenoxy) is 1. The van der Waals surface area contributed by atoms with Crippen LogP contribution in [0.5, 0.6) is 11.5 Å². The van der Waals surface area contributed by atoms with E-state index in [4.69, 9.17) is 16.3 Å². The van der Waals surface area contributed by atoms with Gasteiger partial charge in [0.2, 0.25) is 11.8 Å². The number of fused-ring (bicyclic) bond motifs is 1. The molecule has 1 aromatic heterocycles. The Balaban J connectivity index is 1.40. The summed E-state index contributed by atoms with van der Waals surface area (Å²) in [7, 11) is 0. The van der Waals surface area contributed by atoms with Crippen LogP contribution in [0.3, 0.4) is 0 Å². The summed E-state index contributed by atoms with van der Waals surface area (Å²) in [6.45, 7) is 6.22. The van der Waals surface area contributed by atoms with E-state index in [9.17, 15) is 19.5 Å². The van der Waals surface area contributed by atoms with Gasteiger partial charge < -0.3 is 20.5 Å². The van der Waals surface area contributed by atoms with Gasteiger partial charge in [0.25, 0.3) is 0 Å². The Morgan fingerprint density at radius 1 is 1.06 bits per heavy atom. The van der Waals surface area contributed by atoms with Crippen molar-refractivity contribution in [3.63, 3.8) is 0 Å². The van der Waals surface area contributed by atoms with Crippen LogP contribution in [0.1, 0.15) is 62.3 Å². The van der Waals surface area contributed by atoms with Crippen LogP contribution in [0.15, 0.2) is 96.5 Å². The number of aryl methyl sites for hydroxylation is 1. The molecule has 0 saturated carbocycles. The van der Waals surface area contributed by atoms with Gasteiger partial charge in [-0.1, -0.05) is 67.9 Å². The molecular weight excluding hydrogens is 628 g/mol. The number of phenols is 1. The number of ketones is 1. The standard InChI is InChI=1S/C38H37ClN4O5/c1-23-16-17-40-21-29(23)41-33(46)14-15-34(47)43-30-10-7-11-31(44)36(30)42-28-19-38(2,3)20-32(45)35(28)37(43)26-13-12-25(18-27(26)39)48-22-24-8-5-4-6-9-24/h4-13,16-18,21,37,42,44H,14-15,19-20,22H2,1-3H3,(H,41,46). The van der Waals surface area contributed by atoms with Gasteiger partial charge in [0.05, 0.1) is 23.6 Å². The first-order valence-corrected chi connectivity index (χ1v) is 16.2. The normalized spacial score (nSPS) is 16.7. The number of anilines is 3. The molecule has 10 heteroatoms. The number of carbonyl (C=O) groups excluding carboxylic acids is 3. The number of Topliss-reactive ketones (excluding diaryl/α,β-unsaturated/α-hetero) is 1. The van der Waals surface area contributed by atoms with Gasteiger partial charge in [-0.15, -0.1) is 0 Å². The molecule has 6 rings (SSSR count). The topological polar surface area (TPSA) is 121 Å². The molecule has 0 spiro atoms. The van der Waals surface area contributed by atoms with Crippen molar-refractivity contribution in [1.29, 1.82) is 0 Å². The third-order valence-electron chi connectivity index (χ3n) is 8.67. The number of aromatic nitrogens is 1. The fraction of sp³-hybridized carbons (Fsp3) is 0.263. The van der Waals surface area contributed by atoms with Crippen LogP contribution in [0.4, 0.5) is 17.1 Å². The number of amides is 2. The molecule has 1 aliphatic carbocycles. The fourth-order valence-electron chi connectivity index (χ4n) is 6.32. The number of hydrogen-bond acceptors (Lipinski definition) is 7. The second-order valence-electron chi connectivity index (χ2n) is 13.0. The lowest BCUT2D eigenvalue weighted by Crippen LogP contribution is -2.40.